The minimum absolute atomic E-state index is 0. The molecule has 22 heavy (non-hydrogen) atoms. The molecule has 0 aliphatic heterocycles. The average molecular weight is 329 g/mol. The van der Waals surface area contributed by atoms with Crippen LogP contribution >= 0.6 is 12.4 Å². The number of nitrogens with two attached hydrogens (primary N) is 1. The maximum Gasteiger partial charge on any atom is 0.237 e. The molecule has 0 saturated carbocycles. The molecule has 3 unspecified atom stereocenters. The molecule has 0 bridgehead atoms. The first-order chi connectivity index (χ1) is 9.99. The Morgan fingerprint density at radius 1 is 1.27 bits per heavy atom. The highest BCUT2D eigenvalue weighted by atomic mass is 35.5. The van der Waals surface area contributed by atoms with Crippen molar-refractivity contribution in [2.45, 2.75) is 52.7 Å². The monoisotopic (exact) mass is 328 g/mol. The van der Waals surface area contributed by atoms with Crippen LogP contribution in [0.4, 0.5) is 0 Å². The highest BCUT2D eigenvalue weighted by Crippen LogP contribution is 2.18. The summed E-state index contributed by atoms with van der Waals surface area (Å²) in [5.41, 5.74) is 7.02. The lowest BCUT2D eigenvalue weighted by Crippen LogP contribution is -2.47. The zero-order valence-corrected chi connectivity index (χ0v) is 14.8. The van der Waals surface area contributed by atoms with Gasteiger partial charge in [-0.15, -0.1) is 12.4 Å². The van der Waals surface area contributed by atoms with Crippen molar-refractivity contribution in [3.63, 3.8) is 0 Å². The molecule has 0 radical (unpaired) electrons. The van der Waals surface area contributed by atoms with Crippen molar-refractivity contribution in [2.24, 2.45) is 11.7 Å². The van der Waals surface area contributed by atoms with Gasteiger partial charge in [0, 0.05) is 0 Å². The maximum absolute atomic E-state index is 12.0. The van der Waals surface area contributed by atoms with E-state index in [-0.39, 0.29) is 30.3 Å². The van der Waals surface area contributed by atoms with Gasteiger partial charge in [0.25, 0.3) is 0 Å². The largest absolute Gasteiger partial charge is 0.488 e. The van der Waals surface area contributed by atoms with Crippen molar-refractivity contribution in [3.8, 4) is 5.75 Å². The molecule has 1 rings (SSSR count). The second kappa shape index (κ2) is 10.5. The molecule has 5 heteroatoms. The first-order valence-corrected chi connectivity index (χ1v) is 7.75. The lowest BCUT2D eigenvalue weighted by Gasteiger charge is -2.22. The number of carbonyl (C=O) groups excluding carboxylic acids is 1. The zero-order chi connectivity index (χ0) is 15.8. The first kappa shape index (κ1) is 20.7. The fourth-order valence-corrected chi connectivity index (χ4v) is 1.98. The van der Waals surface area contributed by atoms with Crippen LogP contribution in [0.3, 0.4) is 0 Å². The van der Waals surface area contributed by atoms with Crippen molar-refractivity contribution in [1.82, 2.24) is 5.32 Å². The fraction of sp³-hybridized carbons (Fsp3) is 0.588. The van der Waals surface area contributed by atoms with Crippen LogP contribution in [0.25, 0.3) is 0 Å². The second-order valence-corrected chi connectivity index (χ2v) is 5.57. The first-order valence-electron chi connectivity index (χ1n) is 7.75. The van der Waals surface area contributed by atoms with E-state index in [1.807, 2.05) is 52.0 Å². The van der Waals surface area contributed by atoms with Crippen LogP contribution in [0.15, 0.2) is 24.3 Å². The summed E-state index contributed by atoms with van der Waals surface area (Å²) in [5.74, 6) is 0.948. The number of hydrogen-bond acceptors (Lipinski definition) is 3. The number of hydrogen-bond donors (Lipinski definition) is 2. The van der Waals surface area contributed by atoms with Gasteiger partial charge in [-0.3, -0.25) is 4.79 Å². The Morgan fingerprint density at radius 3 is 2.45 bits per heavy atom. The van der Waals surface area contributed by atoms with E-state index in [4.69, 9.17) is 10.5 Å². The number of rotatable bonds is 8. The van der Waals surface area contributed by atoms with Gasteiger partial charge in [0.05, 0.1) is 12.6 Å². The molecule has 0 heterocycles. The van der Waals surface area contributed by atoms with Crippen molar-refractivity contribution in [2.75, 3.05) is 6.54 Å². The molecule has 0 aromatic heterocycles. The van der Waals surface area contributed by atoms with Crippen LogP contribution in [0.5, 0.6) is 5.75 Å². The summed E-state index contributed by atoms with van der Waals surface area (Å²) in [4.78, 5) is 12.0. The second-order valence-electron chi connectivity index (χ2n) is 5.57. The van der Waals surface area contributed by atoms with Crippen LogP contribution in [0, 0.1) is 12.8 Å². The fourth-order valence-electron chi connectivity index (χ4n) is 1.98. The molecule has 126 valence electrons. The minimum Gasteiger partial charge on any atom is -0.488 e. The number of aryl methyl sites for hydroxylation is 1. The van der Waals surface area contributed by atoms with Gasteiger partial charge in [0.15, 0.2) is 0 Å². The summed E-state index contributed by atoms with van der Waals surface area (Å²) in [6.07, 6.45) is 1.68. The Balaban J connectivity index is 0.00000441. The summed E-state index contributed by atoms with van der Waals surface area (Å²) in [5, 5.41) is 2.90. The standard InChI is InChI=1S/C17H28N2O2.ClH/c1-5-12(3)16(18)17(20)19-11-14(6-2)21-15-10-8-7-9-13(15)4;/h7-10,12,14,16H,5-6,11,18H2,1-4H3,(H,19,20);1H. The summed E-state index contributed by atoms with van der Waals surface area (Å²) >= 11 is 0. The van der Waals surface area contributed by atoms with E-state index in [1.54, 1.807) is 0 Å². The summed E-state index contributed by atoms with van der Waals surface area (Å²) < 4.78 is 5.96. The predicted octanol–water partition coefficient (Wildman–Crippen LogP) is 3.06. The smallest absolute Gasteiger partial charge is 0.237 e. The molecular weight excluding hydrogens is 300 g/mol. The van der Waals surface area contributed by atoms with Gasteiger partial charge in [0.1, 0.15) is 11.9 Å². The number of ether oxygens (including phenoxy) is 1. The van der Waals surface area contributed by atoms with E-state index in [9.17, 15) is 4.79 Å². The maximum atomic E-state index is 12.0. The SMILES string of the molecule is CCC(CNC(=O)C(N)C(C)CC)Oc1ccccc1C.Cl. The number of amides is 1. The van der Waals surface area contributed by atoms with E-state index in [1.165, 1.54) is 0 Å². The quantitative estimate of drug-likeness (QED) is 0.770. The van der Waals surface area contributed by atoms with Crippen LogP contribution < -0.4 is 15.8 Å². The third kappa shape index (κ3) is 6.24. The molecule has 0 aliphatic carbocycles. The molecule has 0 aliphatic rings. The van der Waals surface area contributed by atoms with Crippen molar-refractivity contribution >= 4 is 18.3 Å². The molecule has 1 aromatic rings. The van der Waals surface area contributed by atoms with Crippen molar-refractivity contribution in [1.29, 1.82) is 0 Å². The zero-order valence-electron chi connectivity index (χ0n) is 14.0. The van der Waals surface area contributed by atoms with Gasteiger partial charge < -0.3 is 15.8 Å². The lowest BCUT2D eigenvalue weighted by atomic mass is 9.99. The molecule has 3 N–H and O–H groups in total. The van der Waals surface area contributed by atoms with Crippen LogP contribution in [0.1, 0.15) is 39.2 Å². The van der Waals surface area contributed by atoms with Gasteiger partial charge in [-0.25, -0.2) is 0 Å². The Morgan fingerprint density at radius 2 is 1.91 bits per heavy atom. The molecule has 0 spiro atoms. The number of halogens is 1. The van der Waals surface area contributed by atoms with Gasteiger partial charge in [-0.05, 0) is 30.9 Å². The van der Waals surface area contributed by atoms with E-state index >= 15 is 0 Å². The predicted molar refractivity (Wildman–Crippen MR) is 93.6 cm³/mol. The number of para-hydroxylation sites is 1. The third-order valence-electron chi connectivity index (χ3n) is 3.91. The molecule has 1 amide bonds. The van der Waals surface area contributed by atoms with Crippen LogP contribution in [-0.2, 0) is 4.79 Å². The summed E-state index contributed by atoms with van der Waals surface area (Å²) in [6, 6.07) is 7.44. The van der Waals surface area contributed by atoms with Gasteiger partial charge >= 0.3 is 0 Å². The normalized spacial score (nSPS) is 14.4. The number of carbonyl (C=O) groups is 1. The van der Waals surface area contributed by atoms with E-state index < -0.39 is 6.04 Å². The van der Waals surface area contributed by atoms with Crippen molar-refractivity contribution < 1.29 is 9.53 Å². The molecule has 1 aromatic carbocycles. The van der Waals surface area contributed by atoms with E-state index in [0.717, 1.165) is 24.2 Å². The summed E-state index contributed by atoms with van der Waals surface area (Å²) in [7, 11) is 0. The topological polar surface area (TPSA) is 64.4 Å². The Labute approximate surface area is 140 Å². The molecule has 0 saturated heterocycles. The van der Waals surface area contributed by atoms with Crippen LogP contribution in [-0.4, -0.2) is 24.6 Å². The minimum atomic E-state index is -0.453. The highest BCUT2D eigenvalue weighted by molar-refractivity contribution is 5.85. The van der Waals surface area contributed by atoms with E-state index in [2.05, 4.69) is 5.32 Å². The molecule has 0 fully saturated rings. The van der Waals surface area contributed by atoms with Crippen molar-refractivity contribution in [3.05, 3.63) is 29.8 Å². The van der Waals surface area contributed by atoms with E-state index in [0.29, 0.717) is 6.54 Å². The van der Waals surface area contributed by atoms with Gasteiger partial charge in [0.2, 0.25) is 5.91 Å². The van der Waals surface area contributed by atoms with Crippen LogP contribution in [0.2, 0.25) is 0 Å². The lowest BCUT2D eigenvalue weighted by molar-refractivity contribution is -0.123. The number of benzene rings is 1. The average Bonchev–Trinajstić information content (AvgIpc) is 2.51. The Bertz CT molecular complexity index is 454. The van der Waals surface area contributed by atoms with Gasteiger partial charge in [-0.1, -0.05) is 45.4 Å². The summed E-state index contributed by atoms with van der Waals surface area (Å²) in [6.45, 7) is 8.57. The molecular formula is C17H29ClN2O2. The Hall–Kier alpha value is -1.26. The van der Waals surface area contributed by atoms with Gasteiger partial charge in [-0.2, -0.15) is 0 Å². The Kier molecular flexibility index (Phi) is 9.86. The number of nitrogens with one attached hydrogen (secondary N) is 1. The highest BCUT2D eigenvalue weighted by Gasteiger charge is 2.20. The molecule has 3 atom stereocenters. The molecule has 4 nitrogen and oxygen atoms in total. The third-order valence-corrected chi connectivity index (χ3v) is 3.91.